The third kappa shape index (κ3) is 5.12. The molecule has 4 rings (SSSR count). The Bertz CT molecular complexity index is 1000. The second kappa shape index (κ2) is 9.22. The number of ether oxygens (including phenoxy) is 1. The minimum absolute atomic E-state index is 0.265. The van der Waals surface area contributed by atoms with Gasteiger partial charge in [-0.15, -0.1) is 11.3 Å². The van der Waals surface area contributed by atoms with Gasteiger partial charge in [-0.3, -0.25) is 4.98 Å². The fourth-order valence-corrected chi connectivity index (χ4v) is 3.75. The maximum atomic E-state index is 12.4. The number of hydrogen-bond donors (Lipinski definition) is 0. The maximum absolute atomic E-state index is 12.4. The molecule has 0 radical (unpaired) electrons. The van der Waals surface area contributed by atoms with Gasteiger partial charge in [-0.25, -0.2) is 9.78 Å². The largest absolute Gasteiger partial charge is 0.444 e. The molecule has 1 aliphatic heterocycles. The summed E-state index contributed by atoms with van der Waals surface area (Å²) in [6, 6.07) is 13.8. The Balaban J connectivity index is 1.25. The molecule has 1 amide bonds. The molecule has 3 heterocycles. The van der Waals surface area contributed by atoms with Crippen molar-refractivity contribution in [2.75, 3.05) is 31.1 Å². The van der Waals surface area contributed by atoms with E-state index in [1.54, 1.807) is 34.8 Å². The van der Waals surface area contributed by atoms with Crippen molar-refractivity contribution in [1.82, 2.24) is 14.9 Å². The van der Waals surface area contributed by atoms with Gasteiger partial charge in [0.25, 0.3) is 0 Å². The number of piperazine rings is 1. The zero-order valence-corrected chi connectivity index (χ0v) is 16.6. The van der Waals surface area contributed by atoms with Gasteiger partial charge in [-0.1, -0.05) is 30.0 Å². The van der Waals surface area contributed by atoms with Gasteiger partial charge in [0, 0.05) is 49.0 Å². The number of rotatable bonds is 3. The highest BCUT2D eigenvalue weighted by Gasteiger charge is 2.23. The molecule has 1 aliphatic rings. The number of carbonyl (C=O) groups is 1. The van der Waals surface area contributed by atoms with Crippen LogP contribution in [0.2, 0.25) is 0 Å². The smallest absolute Gasteiger partial charge is 0.410 e. The molecule has 0 bridgehead atoms. The van der Waals surface area contributed by atoms with Crippen LogP contribution in [-0.4, -0.2) is 47.1 Å². The molecule has 0 unspecified atom stereocenters. The van der Waals surface area contributed by atoms with Gasteiger partial charge in [-0.05, 0) is 24.3 Å². The summed E-state index contributed by atoms with van der Waals surface area (Å²) >= 11 is 1.55. The highest BCUT2D eigenvalue weighted by molar-refractivity contribution is 7.12. The van der Waals surface area contributed by atoms with Gasteiger partial charge in [0.2, 0.25) is 0 Å². The van der Waals surface area contributed by atoms with Crippen LogP contribution in [0, 0.1) is 11.8 Å². The molecule has 1 fully saturated rings. The minimum atomic E-state index is -0.283. The van der Waals surface area contributed by atoms with Gasteiger partial charge in [0.15, 0.2) is 0 Å². The molecule has 0 spiro atoms. The van der Waals surface area contributed by atoms with E-state index in [1.165, 1.54) is 0 Å². The van der Waals surface area contributed by atoms with E-state index in [0.29, 0.717) is 26.2 Å². The molecule has 6 nitrogen and oxygen atoms in total. The predicted molar refractivity (Wildman–Crippen MR) is 113 cm³/mol. The van der Waals surface area contributed by atoms with Crippen molar-refractivity contribution in [2.45, 2.75) is 6.61 Å². The van der Waals surface area contributed by atoms with Crippen molar-refractivity contribution in [3.05, 3.63) is 76.4 Å². The molecule has 1 aromatic carbocycles. The molecule has 0 atom stereocenters. The van der Waals surface area contributed by atoms with Gasteiger partial charge < -0.3 is 14.5 Å². The van der Waals surface area contributed by atoms with E-state index >= 15 is 0 Å². The molecule has 29 heavy (non-hydrogen) atoms. The summed E-state index contributed by atoms with van der Waals surface area (Å²) in [7, 11) is 0. The quantitative estimate of drug-likeness (QED) is 0.627. The summed E-state index contributed by atoms with van der Waals surface area (Å²) in [5.74, 6) is 7.13. The SMILES string of the molecule is O=C(OCc1ccc(C#Cc2ccccc2)s1)N1CCN(c2cnccn2)CC1. The second-order valence-corrected chi connectivity index (χ2v) is 7.64. The van der Waals surface area contributed by atoms with Crippen LogP contribution in [0.3, 0.4) is 0 Å². The van der Waals surface area contributed by atoms with Crippen LogP contribution in [0.1, 0.15) is 15.3 Å². The lowest BCUT2D eigenvalue weighted by atomic mass is 10.2. The van der Waals surface area contributed by atoms with E-state index in [-0.39, 0.29) is 12.7 Å². The van der Waals surface area contributed by atoms with E-state index in [9.17, 15) is 4.79 Å². The first kappa shape index (κ1) is 19.0. The molecule has 3 aromatic rings. The van der Waals surface area contributed by atoms with E-state index in [1.807, 2.05) is 42.5 Å². The van der Waals surface area contributed by atoms with Gasteiger partial charge in [0.1, 0.15) is 12.4 Å². The van der Waals surface area contributed by atoms with Crippen LogP contribution in [0.15, 0.2) is 61.1 Å². The summed E-state index contributed by atoms with van der Waals surface area (Å²) < 4.78 is 5.49. The number of hydrogen-bond acceptors (Lipinski definition) is 6. The lowest BCUT2D eigenvalue weighted by Gasteiger charge is -2.34. The Kier molecular flexibility index (Phi) is 6.03. The Morgan fingerprint density at radius 3 is 2.62 bits per heavy atom. The minimum Gasteiger partial charge on any atom is -0.444 e. The zero-order valence-electron chi connectivity index (χ0n) is 15.8. The number of benzene rings is 1. The average Bonchev–Trinajstić information content (AvgIpc) is 3.25. The molecule has 0 saturated carbocycles. The van der Waals surface area contributed by atoms with Crippen molar-refractivity contribution in [1.29, 1.82) is 0 Å². The van der Waals surface area contributed by atoms with E-state index in [0.717, 1.165) is 21.1 Å². The number of anilines is 1. The van der Waals surface area contributed by atoms with Crippen LogP contribution in [0.5, 0.6) is 0 Å². The third-order valence-electron chi connectivity index (χ3n) is 4.51. The van der Waals surface area contributed by atoms with E-state index in [2.05, 4.69) is 26.7 Å². The Morgan fingerprint density at radius 2 is 1.86 bits per heavy atom. The first-order valence-electron chi connectivity index (χ1n) is 9.36. The number of thiophene rings is 1. The first-order valence-corrected chi connectivity index (χ1v) is 10.2. The topological polar surface area (TPSA) is 58.6 Å². The molecule has 146 valence electrons. The zero-order chi connectivity index (χ0) is 19.9. The fourth-order valence-electron chi connectivity index (χ4n) is 2.97. The van der Waals surface area contributed by atoms with Crippen molar-refractivity contribution in [3.63, 3.8) is 0 Å². The Morgan fingerprint density at radius 1 is 1.03 bits per heavy atom. The van der Waals surface area contributed by atoms with Gasteiger partial charge >= 0.3 is 6.09 Å². The van der Waals surface area contributed by atoms with Crippen molar-refractivity contribution in [3.8, 4) is 11.8 Å². The van der Waals surface area contributed by atoms with Gasteiger partial charge in [-0.2, -0.15) is 0 Å². The van der Waals surface area contributed by atoms with Crippen molar-refractivity contribution < 1.29 is 9.53 Å². The normalized spacial score (nSPS) is 13.5. The molecule has 7 heteroatoms. The van der Waals surface area contributed by atoms with Crippen LogP contribution < -0.4 is 4.90 Å². The summed E-state index contributed by atoms with van der Waals surface area (Å²) in [4.78, 5) is 26.5. The van der Waals surface area contributed by atoms with Crippen LogP contribution in [0.25, 0.3) is 0 Å². The first-order chi connectivity index (χ1) is 14.3. The maximum Gasteiger partial charge on any atom is 0.410 e. The molecule has 1 saturated heterocycles. The molecular formula is C22H20N4O2S. The standard InChI is InChI=1S/C22H20N4O2S/c27-22(26-14-12-25(13-15-26)21-16-23-10-11-24-21)28-17-20-9-8-19(29-20)7-6-18-4-2-1-3-5-18/h1-5,8-11,16H,12-15,17H2. The molecule has 2 aromatic heterocycles. The fraction of sp³-hybridized carbons (Fsp3) is 0.227. The lowest BCUT2D eigenvalue weighted by Crippen LogP contribution is -2.49. The van der Waals surface area contributed by atoms with Crippen molar-refractivity contribution in [2.24, 2.45) is 0 Å². The molecule has 0 N–H and O–H groups in total. The summed E-state index contributed by atoms with van der Waals surface area (Å²) in [6.45, 7) is 2.90. The third-order valence-corrected chi connectivity index (χ3v) is 5.49. The van der Waals surface area contributed by atoms with Crippen LogP contribution >= 0.6 is 11.3 Å². The summed E-state index contributed by atoms with van der Waals surface area (Å²) in [5, 5.41) is 0. The predicted octanol–water partition coefficient (Wildman–Crippen LogP) is 3.40. The van der Waals surface area contributed by atoms with Crippen molar-refractivity contribution >= 4 is 23.2 Å². The highest BCUT2D eigenvalue weighted by Crippen LogP contribution is 2.18. The molecule has 0 aliphatic carbocycles. The Hall–Kier alpha value is -3.37. The number of carbonyl (C=O) groups excluding carboxylic acids is 1. The van der Waals surface area contributed by atoms with Crippen LogP contribution in [-0.2, 0) is 11.3 Å². The second-order valence-electron chi connectivity index (χ2n) is 6.47. The lowest BCUT2D eigenvalue weighted by molar-refractivity contribution is 0.0950. The average molecular weight is 404 g/mol. The van der Waals surface area contributed by atoms with Crippen LogP contribution in [0.4, 0.5) is 10.6 Å². The monoisotopic (exact) mass is 404 g/mol. The van der Waals surface area contributed by atoms with Gasteiger partial charge in [0.05, 0.1) is 11.1 Å². The Labute approximate surface area is 173 Å². The summed E-state index contributed by atoms with van der Waals surface area (Å²) in [5.41, 5.74) is 0.981. The number of nitrogens with zero attached hydrogens (tertiary/aromatic N) is 4. The van der Waals surface area contributed by atoms with E-state index < -0.39 is 0 Å². The number of aromatic nitrogens is 2. The van der Waals surface area contributed by atoms with E-state index in [4.69, 9.17) is 4.74 Å². The molecular weight excluding hydrogens is 384 g/mol. The summed E-state index contributed by atoms with van der Waals surface area (Å²) in [6.07, 6.45) is 4.79. The highest BCUT2D eigenvalue weighted by atomic mass is 32.1. The number of amides is 1.